The largest absolute Gasteiger partial charge is 0.469 e. The minimum Gasteiger partial charge on any atom is -0.469 e. The molecule has 30 heavy (non-hydrogen) atoms. The van der Waals surface area contributed by atoms with E-state index in [1.807, 2.05) is 6.92 Å². The molecule has 0 saturated carbocycles. The Morgan fingerprint density at radius 3 is 2.57 bits per heavy atom. The maximum atomic E-state index is 11.5. The number of carbonyl (C=O) groups excluding carboxylic acids is 1. The first-order valence-corrected chi connectivity index (χ1v) is 10.9. The van der Waals surface area contributed by atoms with E-state index in [1.165, 1.54) is 7.11 Å². The van der Waals surface area contributed by atoms with E-state index in [0.717, 1.165) is 12.0 Å². The molecule has 0 bridgehead atoms. The van der Waals surface area contributed by atoms with Gasteiger partial charge in [-0.1, -0.05) is 20.4 Å². The molecule has 0 aromatic carbocycles. The summed E-state index contributed by atoms with van der Waals surface area (Å²) < 4.78 is 22.9. The first-order valence-electron chi connectivity index (χ1n) is 10.9. The van der Waals surface area contributed by atoms with E-state index in [9.17, 15) is 20.1 Å². The number of aliphatic hydroxyl groups excluding tert-OH is 3. The van der Waals surface area contributed by atoms with Gasteiger partial charge in [0.2, 0.25) is 0 Å². The predicted octanol–water partition coefficient (Wildman–Crippen LogP) is 0.955. The number of carbonyl (C=O) groups is 1. The Morgan fingerprint density at radius 2 is 1.90 bits per heavy atom. The molecule has 3 rings (SSSR count). The Morgan fingerprint density at radius 1 is 1.17 bits per heavy atom. The molecule has 10 atom stereocenters. The zero-order chi connectivity index (χ0) is 22.0. The number of aliphatic hydroxyl groups is 3. The molecule has 3 saturated heterocycles. The normalized spacial score (nSPS) is 44.4. The number of hydrogen-bond donors (Lipinski definition) is 3. The van der Waals surface area contributed by atoms with Crippen molar-refractivity contribution in [2.24, 2.45) is 11.8 Å². The van der Waals surface area contributed by atoms with Crippen molar-refractivity contribution in [2.75, 3.05) is 13.7 Å². The Labute approximate surface area is 178 Å². The van der Waals surface area contributed by atoms with E-state index in [0.29, 0.717) is 25.7 Å². The van der Waals surface area contributed by atoms with Gasteiger partial charge in [-0.15, -0.1) is 0 Å². The number of methoxy groups -OCH3 is 1. The predicted molar refractivity (Wildman–Crippen MR) is 108 cm³/mol. The Bertz CT molecular complexity index is 610. The number of hydrogen-bond acceptors (Lipinski definition) is 8. The third-order valence-corrected chi connectivity index (χ3v) is 6.93. The van der Waals surface area contributed by atoms with Crippen LogP contribution >= 0.6 is 0 Å². The molecule has 0 spiro atoms. The van der Waals surface area contributed by atoms with Gasteiger partial charge >= 0.3 is 5.97 Å². The van der Waals surface area contributed by atoms with Crippen LogP contribution in [0.1, 0.15) is 46.0 Å². The summed E-state index contributed by atoms with van der Waals surface area (Å²) in [6, 6.07) is 0. The summed E-state index contributed by atoms with van der Waals surface area (Å²) in [5.41, 5.74) is 0.968. The quantitative estimate of drug-likeness (QED) is 0.423. The maximum Gasteiger partial charge on any atom is 0.305 e. The summed E-state index contributed by atoms with van der Waals surface area (Å²) in [6.45, 7) is 7.94. The van der Waals surface area contributed by atoms with Gasteiger partial charge in [0.1, 0.15) is 6.10 Å². The van der Waals surface area contributed by atoms with E-state index < -0.39 is 24.4 Å². The van der Waals surface area contributed by atoms with Crippen LogP contribution in [0.4, 0.5) is 0 Å². The van der Waals surface area contributed by atoms with Gasteiger partial charge in [0.25, 0.3) is 0 Å². The third-order valence-electron chi connectivity index (χ3n) is 6.93. The highest BCUT2D eigenvalue weighted by atomic mass is 16.6. The standard InChI is InChI=1S/C22H36O8/c1-11-7-14(5-6-20(25)27-4)28-16(12(11)2)9-17-21(26)13(3)22-18(29-17)8-15(24)19(10-23)30-22/h11,13-19,21-24,26H,2,5-10H2,1,3-4H3/t11-,13-,14+,15-,16-,17+,18+,19-,21?,22+/m1/s1. The summed E-state index contributed by atoms with van der Waals surface area (Å²) in [7, 11) is 1.38. The summed E-state index contributed by atoms with van der Waals surface area (Å²) >= 11 is 0. The van der Waals surface area contributed by atoms with Crippen molar-refractivity contribution in [1.29, 1.82) is 0 Å². The van der Waals surface area contributed by atoms with E-state index in [4.69, 9.17) is 18.9 Å². The van der Waals surface area contributed by atoms with Crippen molar-refractivity contribution in [1.82, 2.24) is 0 Å². The summed E-state index contributed by atoms with van der Waals surface area (Å²) in [5, 5.41) is 30.5. The van der Waals surface area contributed by atoms with Gasteiger partial charge in [0.15, 0.2) is 0 Å². The fourth-order valence-electron chi connectivity index (χ4n) is 4.92. The molecule has 3 heterocycles. The minimum atomic E-state index is -0.803. The molecule has 0 radical (unpaired) electrons. The van der Waals surface area contributed by atoms with Gasteiger partial charge in [-0.3, -0.25) is 4.79 Å². The van der Waals surface area contributed by atoms with Crippen LogP contribution in [0.25, 0.3) is 0 Å². The van der Waals surface area contributed by atoms with Gasteiger partial charge < -0.3 is 34.3 Å². The Balaban J connectivity index is 1.64. The van der Waals surface area contributed by atoms with Crippen LogP contribution in [0.15, 0.2) is 12.2 Å². The highest BCUT2D eigenvalue weighted by Gasteiger charge is 2.49. The molecule has 8 nitrogen and oxygen atoms in total. The molecule has 0 aromatic heterocycles. The van der Waals surface area contributed by atoms with Gasteiger partial charge in [-0.25, -0.2) is 0 Å². The number of fused-ring (bicyclic) bond motifs is 1. The van der Waals surface area contributed by atoms with Crippen LogP contribution in [-0.4, -0.2) is 83.8 Å². The van der Waals surface area contributed by atoms with Crippen molar-refractivity contribution in [2.45, 2.75) is 94.8 Å². The minimum absolute atomic E-state index is 0.0781. The monoisotopic (exact) mass is 428 g/mol. The second-order valence-electron chi connectivity index (χ2n) is 9.00. The van der Waals surface area contributed by atoms with Crippen molar-refractivity contribution < 1.29 is 39.1 Å². The lowest BCUT2D eigenvalue weighted by atomic mass is 9.79. The molecule has 172 valence electrons. The van der Waals surface area contributed by atoms with Crippen molar-refractivity contribution in [3.63, 3.8) is 0 Å². The topological polar surface area (TPSA) is 115 Å². The first-order chi connectivity index (χ1) is 14.2. The number of esters is 1. The van der Waals surface area contributed by atoms with Gasteiger partial charge in [-0.2, -0.15) is 0 Å². The van der Waals surface area contributed by atoms with Crippen molar-refractivity contribution >= 4 is 5.97 Å². The van der Waals surface area contributed by atoms with Gasteiger partial charge in [-0.05, 0) is 24.3 Å². The Kier molecular flexibility index (Phi) is 7.92. The smallest absolute Gasteiger partial charge is 0.305 e. The maximum absolute atomic E-state index is 11.5. The van der Waals surface area contributed by atoms with E-state index in [-0.39, 0.29) is 48.8 Å². The SMILES string of the molecule is C=C1[C@H](C)C[C@H](CCC(=O)OC)O[C@@H]1C[C@@H]1O[C@H]2C[C@@H](O)[C@@H](CO)O[C@H]2[C@H](C)C1O. The highest BCUT2D eigenvalue weighted by Crippen LogP contribution is 2.39. The molecule has 0 aromatic rings. The summed E-state index contributed by atoms with van der Waals surface area (Å²) in [5.74, 6) is -0.225. The molecular weight excluding hydrogens is 392 g/mol. The lowest BCUT2D eigenvalue weighted by molar-refractivity contribution is -0.271. The lowest BCUT2D eigenvalue weighted by Gasteiger charge is -2.50. The van der Waals surface area contributed by atoms with Crippen molar-refractivity contribution in [3.05, 3.63) is 12.2 Å². The molecule has 8 heteroatoms. The molecule has 3 aliphatic heterocycles. The zero-order valence-electron chi connectivity index (χ0n) is 18.1. The van der Waals surface area contributed by atoms with E-state index in [1.54, 1.807) is 0 Å². The molecule has 1 unspecified atom stereocenters. The fourth-order valence-corrected chi connectivity index (χ4v) is 4.92. The van der Waals surface area contributed by atoms with E-state index in [2.05, 4.69) is 13.5 Å². The van der Waals surface area contributed by atoms with Crippen LogP contribution in [0, 0.1) is 11.8 Å². The summed E-state index contributed by atoms with van der Waals surface area (Å²) in [6.07, 6.45) is -1.29. The molecule has 3 aliphatic rings. The van der Waals surface area contributed by atoms with Gasteiger partial charge in [0, 0.05) is 25.2 Å². The van der Waals surface area contributed by atoms with Gasteiger partial charge in [0.05, 0.1) is 56.4 Å². The van der Waals surface area contributed by atoms with Crippen LogP contribution in [-0.2, 0) is 23.7 Å². The van der Waals surface area contributed by atoms with Crippen LogP contribution in [0.5, 0.6) is 0 Å². The second-order valence-corrected chi connectivity index (χ2v) is 9.00. The molecule has 3 fully saturated rings. The average molecular weight is 429 g/mol. The molecule has 3 N–H and O–H groups in total. The number of ether oxygens (including phenoxy) is 4. The van der Waals surface area contributed by atoms with E-state index >= 15 is 0 Å². The first kappa shape index (κ1) is 23.6. The van der Waals surface area contributed by atoms with Crippen molar-refractivity contribution in [3.8, 4) is 0 Å². The summed E-state index contributed by atoms with van der Waals surface area (Å²) in [4.78, 5) is 11.5. The Hall–Kier alpha value is -1.03. The third kappa shape index (κ3) is 5.06. The fraction of sp³-hybridized carbons (Fsp3) is 0.864. The molecule has 0 amide bonds. The van der Waals surface area contributed by atoms with Crippen LogP contribution < -0.4 is 0 Å². The highest BCUT2D eigenvalue weighted by molar-refractivity contribution is 5.69. The second kappa shape index (κ2) is 10.1. The molecular formula is C22H36O8. The van der Waals surface area contributed by atoms with Crippen LogP contribution in [0.3, 0.4) is 0 Å². The lowest BCUT2D eigenvalue weighted by Crippen LogP contribution is -2.61. The average Bonchev–Trinajstić information content (AvgIpc) is 2.73. The zero-order valence-corrected chi connectivity index (χ0v) is 18.1. The molecule has 0 aliphatic carbocycles. The number of rotatable bonds is 6. The van der Waals surface area contributed by atoms with Crippen LogP contribution in [0.2, 0.25) is 0 Å².